The second-order valence-corrected chi connectivity index (χ2v) is 9.74. The van der Waals surface area contributed by atoms with Crippen LogP contribution in [0, 0.1) is 0 Å². The van der Waals surface area contributed by atoms with Gasteiger partial charge in [0.15, 0.2) is 0 Å². The minimum absolute atomic E-state index is 0.311. The van der Waals surface area contributed by atoms with Crippen molar-refractivity contribution in [2.45, 2.75) is 11.3 Å². The second kappa shape index (κ2) is 12.5. The van der Waals surface area contributed by atoms with Gasteiger partial charge in [-0.3, -0.25) is 0 Å². The van der Waals surface area contributed by atoms with Gasteiger partial charge in [0, 0.05) is 11.4 Å². The Morgan fingerprint density at radius 3 is 1.05 bits per heavy atom. The van der Waals surface area contributed by atoms with Crippen molar-refractivity contribution in [2.75, 3.05) is 11.5 Å². The molecule has 0 amide bonds. The number of allylic oxidation sites excluding steroid dienone is 6. The van der Waals surface area contributed by atoms with Gasteiger partial charge in [-0.1, -0.05) is 24.3 Å². The van der Waals surface area contributed by atoms with Crippen LogP contribution in [0.2, 0.25) is 0 Å². The van der Waals surface area contributed by atoms with Crippen LogP contribution < -0.4 is 43.9 Å². The number of hydrogen-bond donors (Lipinski definition) is 6. The van der Waals surface area contributed by atoms with Gasteiger partial charge in [-0.2, -0.15) is 0 Å². The van der Waals surface area contributed by atoms with Crippen LogP contribution in [0.3, 0.4) is 0 Å². The molecule has 2 aliphatic carbocycles. The van der Waals surface area contributed by atoms with E-state index in [1.54, 1.807) is 72.8 Å². The molecule has 0 aliphatic heterocycles. The highest BCUT2D eigenvalue weighted by atomic mass is 16.5. The lowest BCUT2D eigenvalue weighted by atomic mass is 9.94. The zero-order chi connectivity index (χ0) is 30.3. The molecule has 5 rings (SSSR count). The highest BCUT2D eigenvalue weighted by Gasteiger charge is 2.17. The largest absolute Gasteiger partial charge is 0.423 e. The summed E-state index contributed by atoms with van der Waals surface area (Å²) in [5.41, 5.74) is 36.2. The van der Waals surface area contributed by atoms with E-state index in [0.29, 0.717) is 34.0 Å². The Morgan fingerprint density at radius 2 is 0.762 bits per heavy atom. The van der Waals surface area contributed by atoms with E-state index in [0.717, 1.165) is 11.1 Å². The molecular weight excluding hydrogens is 532 g/mol. The standard InChI is InChI=1S/C20H16N2O4.C12H16N4/c21-15-5-9-17(10-6-15)25-19(23)13-1-2-14(4-3-13)20(24)26-18-11-7-16(22)8-12-18;13-11(14)5-1-9(2-6-11)10-3-7-12(15,16)8-4-10/h1-12H,21-22H2;1-8H,13-16H2. The number of nitrogen functional groups attached to an aromatic ring is 2. The first-order valence-electron chi connectivity index (χ1n) is 12.8. The molecule has 0 saturated heterocycles. The molecule has 214 valence electrons. The maximum absolute atomic E-state index is 12.1. The molecule has 3 aromatic carbocycles. The fourth-order valence-electron chi connectivity index (χ4n) is 3.69. The SMILES string of the molecule is NC1(N)C=CC(=C2C=CC(N)(N)C=C2)C=C1.Nc1ccc(OC(=O)c2ccc(C(=O)Oc3ccc(N)cc3)cc2)cc1. The lowest BCUT2D eigenvalue weighted by molar-refractivity contribution is 0.0720. The minimum atomic E-state index is -0.850. The monoisotopic (exact) mass is 564 g/mol. The molecule has 3 aromatic rings. The van der Waals surface area contributed by atoms with Crippen LogP contribution in [0.15, 0.2) is 133 Å². The third-order valence-electron chi connectivity index (χ3n) is 6.08. The number of hydrogen-bond acceptors (Lipinski definition) is 10. The van der Waals surface area contributed by atoms with Gasteiger partial charge in [0.05, 0.1) is 11.1 Å². The van der Waals surface area contributed by atoms with Crippen LogP contribution in [-0.4, -0.2) is 23.3 Å². The van der Waals surface area contributed by atoms with Crippen LogP contribution in [-0.2, 0) is 0 Å². The summed E-state index contributed by atoms with van der Waals surface area (Å²) in [5.74, 6) is -0.298. The van der Waals surface area contributed by atoms with Gasteiger partial charge in [0.1, 0.15) is 22.8 Å². The predicted molar refractivity (Wildman–Crippen MR) is 164 cm³/mol. The topological polar surface area (TPSA) is 209 Å². The van der Waals surface area contributed by atoms with Crippen molar-refractivity contribution in [1.82, 2.24) is 0 Å². The Kier molecular flexibility index (Phi) is 8.84. The fraction of sp³-hybridized carbons (Fsp3) is 0.0625. The molecule has 12 N–H and O–H groups in total. The van der Waals surface area contributed by atoms with E-state index in [1.165, 1.54) is 24.3 Å². The third kappa shape index (κ3) is 8.37. The van der Waals surface area contributed by atoms with Crippen molar-refractivity contribution in [3.63, 3.8) is 0 Å². The van der Waals surface area contributed by atoms with Gasteiger partial charge in [-0.15, -0.1) is 0 Å². The van der Waals surface area contributed by atoms with E-state index in [1.807, 2.05) is 24.3 Å². The highest BCUT2D eigenvalue weighted by Crippen LogP contribution is 2.21. The van der Waals surface area contributed by atoms with Gasteiger partial charge in [0.2, 0.25) is 0 Å². The zero-order valence-corrected chi connectivity index (χ0v) is 22.6. The average molecular weight is 565 g/mol. The summed E-state index contributed by atoms with van der Waals surface area (Å²) in [6.45, 7) is 0. The normalized spacial score (nSPS) is 15.9. The van der Waals surface area contributed by atoms with Crippen molar-refractivity contribution in [1.29, 1.82) is 0 Å². The molecule has 2 aliphatic rings. The summed E-state index contributed by atoms with van der Waals surface area (Å²) < 4.78 is 10.5. The lowest BCUT2D eigenvalue weighted by Crippen LogP contribution is -2.46. The molecule has 0 aromatic heterocycles. The summed E-state index contributed by atoms with van der Waals surface area (Å²) >= 11 is 0. The fourth-order valence-corrected chi connectivity index (χ4v) is 3.69. The maximum atomic E-state index is 12.1. The molecule has 0 atom stereocenters. The van der Waals surface area contributed by atoms with Crippen LogP contribution in [0.25, 0.3) is 0 Å². The number of esters is 2. The number of anilines is 2. The molecular formula is C32H32N6O4. The first-order chi connectivity index (χ1) is 19.9. The molecule has 0 heterocycles. The number of ether oxygens (including phenoxy) is 2. The molecule has 10 heteroatoms. The number of benzene rings is 3. The molecule has 0 spiro atoms. The molecule has 0 bridgehead atoms. The number of carbonyl (C=O) groups is 2. The van der Waals surface area contributed by atoms with Crippen LogP contribution in [0.4, 0.5) is 11.4 Å². The minimum Gasteiger partial charge on any atom is -0.423 e. The van der Waals surface area contributed by atoms with Crippen molar-refractivity contribution in [3.8, 4) is 11.5 Å². The lowest BCUT2D eigenvalue weighted by Gasteiger charge is -2.22. The van der Waals surface area contributed by atoms with Gasteiger partial charge in [-0.25, -0.2) is 9.59 Å². The van der Waals surface area contributed by atoms with Crippen LogP contribution >= 0.6 is 0 Å². The Morgan fingerprint density at radius 1 is 0.476 bits per heavy atom. The maximum Gasteiger partial charge on any atom is 0.343 e. The first-order valence-corrected chi connectivity index (χ1v) is 12.8. The zero-order valence-electron chi connectivity index (χ0n) is 22.6. The van der Waals surface area contributed by atoms with E-state index < -0.39 is 23.3 Å². The Labute approximate surface area is 243 Å². The van der Waals surface area contributed by atoms with Crippen LogP contribution in [0.5, 0.6) is 11.5 Å². The van der Waals surface area contributed by atoms with E-state index in [4.69, 9.17) is 43.9 Å². The molecule has 42 heavy (non-hydrogen) atoms. The second-order valence-electron chi connectivity index (χ2n) is 9.74. The molecule has 0 unspecified atom stereocenters. The van der Waals surface area contributed by atoms with E-state index in [2.05, 4.69) is 0 Å². The molecule has 10 nitrogen and oxygen atoms in total. The summed E-state index contributed by atoms with van der Waals surface area (Å²) in [7, 11) is 0. The molecule has 0 fully saturated rings. The Balaban J connectivity index is 0.000000216. The quantitative estimate of drug-likeness (QED) is 0.118. The van der Waals surface area contributed by atoms with Crippen molar-refractivity contribution >= 4 is 23.3 Å². The average Bonchev–Trinajstić information content (AvgIpc) is 2.96. The first kappa shape index (κ1) is 29.7. The van der Waals surface area contributed by atoms with Gasteiger partial charge in [-0.05, 0) is 108 Å². The van der Waals surface area contributed by atoms with E-state index in [-0.39, 0.29) is 0 Å². The van der Waals surface area contributed by atoms with E-state index in [9.17, 15) is 9.59 Å². The van der Waals surface area contributed by atoms with Crippen molar-refractivity contribution in [2.24, 2.45) is 22.9 Å². The summed E-state index contributed by atoms with van der Waals surface area (Å²) in [4.78, 5) is 24.2. The van der Waals surface area contributed by atoms with Gasteiger partial charge in [0.25, 0.3) is 0 Å². The van der Waals surface area contributed by atoms with Gasteiger partial charge >= 0.3 is 11.9 Å². The van der Waals surface area contributed by atoms with Gasteiger partial charge < -0.3 is 43.9 Å². The number of rotatable bonds is 4. The van der Waals surface area contributed by atoms with Crippen LogP contribution in [0.1, 0.15) is 20.7 Å². The predicted octanol–water partition coefficient (Wildman–Crippen LogP) is 3.05. The number of nitrogens with two attached hydrogens (primary N) is 6. The van der Waals surface area contributed by atoms with Crippen molar-refractivity contribution < 1.29 is 19.1 Å². The number of carbonyl (C=O) groups excluding carboxylic acids is 2. The Bertz CT molecular complexity index is 1440. The summed E-state index contributed by atoms with van der Waals surface area (Å²) in [6.07, 6.45) is 14.6. The third-order valence-corrected chi connectivity index (χ3v) is 6.08. The van der Waals surface area contributed by atoms with E-state index >= 15 is 0 Å². The Hall–Kier alpha value is -5.26. The summed E-state index contributed by atoms with van der Waals surface area (Å²) in [6, 6.07) is 19.0. The smallest absolute Gasteiger partial charge is 0.343 e. The molecule has 0 radical (unpaired) electrons. The highest BCUT2D eigenvalue weighted by molar-refractivity contribution is 5.95. The summed E-state index contributed by atoms with van der Waals surface area (Å²) in [5, 5.41) is 0. The molecule has 0 saturated carbocycles. The van der Waals surface area contributed by atoms with Crippen molar-refractivity contribution in [3.05, 3.63) is 144 Å².